The third-order valence-electron chi connectivity index (χ3n) is 2.37. The lowest BCUT2D eigenvalue weighted by Gasteiger charge is -2.26. The van der Waals surface area contributed by atoms with Gasteiger partial charge in [-0.1, -0.05) is 30.4 Å². The first kappa shape index (κ1) is 11.5. The van der Waals surface area contributed by atoms with Crippen molar-refractivity contribution >= 4 is 0 Å². The van der Waals surface area contributed by atoms with E-state index in [1.807, 2.05) is 0 Å². The molecule has 80 valence electrons. The molecule has 0 aromatic heterocycles. The lowest BCUT2D eigenvalue weighted by molar-refractivity contribution is 0.0406. The zero-order valence-electron chi connectivity index (χ0n) is 8.69. The Bertz CT molecular complexity index is 345. The van der Waals surface area contributed by atoms with Crippen LogP contribution in [0.1, 0.15) is 18.4 Å². The van der Waals surface area contributed by atoms with Crippen LogP contribution in [0.15, 0.2) is 49.6 Å². The lowest BCUT2D eigenvalue weighted by atomic mass is 9.86. The Morgan fingerprint density at radius 1 is 1.13 bits per heavy atom. The van der Waals surface area contributed by atoms with E-state index in [1.165, 1.54) is 0 Å². The van der Waals surface area contributed by atoms with Gasteiger partial charge in [-0.15, -0.1) is 13.2 Å². The van der Waals surface area contributed by atoms with E-state index in [0.717, 1.165) is 0 Å². The van der Waals surface area contributed by atoms with Crippen LogP contribution in [0.5, 0.6) is 5.75 Å². The number of benzene rings is 1. The highest BCUT2D eigenvalue weighted by Crippen LogP contribution is 2.35. The summed E-state index contributed by atoms with van der Waals surface area (Å²) in [6, 6.07) is 6.78. The largest absolute Gasteiger partial charge is 0.508 e. The number of phenols is 1. The normalized spacial score (nSPS) is 11.0. The molecule has 0 saturated heterocycles. The number of aliphatic hydroxyl groups is 1. The Kier molecular flexibility index (Phi) is 3.69. The second-order valence-corrected chi connectivity index (χ2v) is 3.53. The standard InChI is InChI=1S/C13H16O2/c1-3-9-13(15,10-4-2)11-7-5-6-8-12(11)14/h3-8,14-15H,1-2,9-10H2. The van der Waals surface area contributed by atoms with E-state index < -0.39 is 5.60 Å². The fourth-order valence-corrected chi connectivity index (χ4v) is 1.65. The fourth-order valence-electron chi connectivity index (χ4n) is 1.65. The van der Waals surface area contributed by atoms with Crippen LogP contribution in [-0.4, -0.2) is 10.2 Å². The molecule has 0 aliphatic rings. The van der Waals surface area contributed by atoms with Crippen molar-refractivity contribution in [2.24, 2.45) is 0 Å². The summed E-state index contributed by atoms with van der Waals surface area (Å²) >= 11 is 0. The third kappa shape index (κ3) is 2.48. The Balaban J connectivity index is 3.13. The van der Waals surface area contributed by atoms with Gasteiger partial charge in [0.25, 0.3) is 0 Å². The maximum absolute atomic E-state index is 10.4. The second kappa shape index (κ2) is 4.80. The Hall–Kier alpha value is -1.54. The highest BCUT2D eigenvalue weighted by atomic mass is 16.3. The maximum atomic E-state index is 10.4. The van der Waals surface area contributed by atoms with E-state index in [2.05, 4.69) is 13.2 Å². The fraction of sp³-hybridized carbons (Fsp3) is 0.231. The topological polar surface area (TPSA) is 40.5 Å². The predicted octanol–water partition coefficient (Wildman–Crippen LogP) is 2.73. The van der Waals surface area contributed by atoms with Crippen LogP contribution < -0.4 is 0 Å². The van der Waals surface area contributed by atoms with Crippen LogP contribution in [-0.2, 0) is 5.60 Å². The van der Waals surface area contributed by atoms with E-state index >= 15 is 0 Å². The van der Waals surface area contributed by atoms with Gasteiger partial charge in [-0.2, -0.15) is 0 Å². The molecule has 0 amide bonds. The molecule has 15 heavy (non-hydrogen) atoms. The Labute approximate surface area is 90.2 Å². The number of para-hydroxylation sites is 1. The molecule has 0 bridgehead atoms. The predicted molar refractivity (Wildman–Crippen MR) is 61.6 cm³/mol. The summed E-state index contributed by atoms with van der Waals surface area (Å²) in [5, 5.41) is 20.0. The summed E-state index contributed by atoms with van der Waals surface area (Å²) in [5.41, 5.74) is -0.584. The zero-order chi connectivity index (χ0) is 11.3. The van der Waals surface area contributed by atoms with Crippen molar-refractivity contribution in [2.45, 2.75) is 18.4 Å². The van der Waals surface area contributed by atoms with Gasteiger partial charge in [-0.25, -0.2) is 0 Å². The Morgan fingerprint density at radius 3 is 2.13 bits per heavy atom. The molecule has 1 rings (SSSR count). The molecule has 0 radical (unpaired) electrons. The summed E-state index contributed by atoms with van der Waals surface area (Å²) < 4.78 is 0. The number of phenolic OH excluding ortho intramolecular Hbond substituents is 1. The van der Waals surface area contributed by atoms with Crippen molar-refractivity contribution in [3.63, 3.8) is 0 Å². The van der Waals surface area contributed by atoms with Gasteiger partial charge in [0.1, 0.15) is 5.75 Å². The average molecular weight is 204 g/mol. The first-order chi connectivity index (χ1) is 7.14. The summed E-state index contributed by atoms with van der Waals surface area (Å²) in [6.07, 6.45) is 4.04. The van der Waals surface area contributed by atoms with E-state index in [-0.39, 0.29) is 5.75 Å². The molecular weight excluding hydrogens is 188 g/mol. The van der Waals surface area contributed by atoms with Gasteiger partial charge in [0.05, 0.1) is 5.60 Å². The molecular formula is C13H16O2. The highest BCUT2D eigenvalue weighted by molar-refractivity contribution is 5.37. The third-order valence-corrected chi connectivity index (χ3v) is 2.37. The van der Waals surface area contributed by atoms with Crippen LogP contribution in [0.4, 0.5) is 0 Å². The molecule has 2 heteroatoms. The van der Waals surface area contributed by atoms with Crippen molar-refractivity contribution in [1.82, 2.24) is 0 Å². The van der Waals surface area contributed by atoms with Gasteiger partial charge < -0.3 is 10.2 Å². The van der Waals surface area contributed by atoms with Crippen LogP contribution >= 0.6 is 0 Å². The summed E-state index contributed by atoms with van der Waals surface area (Å²) in [6.45, 7) is 7.21. The van der Waals surface area contributed by atoms with Crippen molar-refractivity contribution in [3.8, 4) is 5.75 Å². The molecule has 0 spiro atoms. The number of rotatable bonds is 5. The minimum Gasteiger partial charge on any atom is -0.508 e. The monoisotopic (exact) mass is 204 g/mol. The average Bonchev–Trinajstić information content (AvgIpc) is 2.19. The lowest BCUT2D eigenvalue weighted by Crippen LogP contribution is -2.24. The minimum absolute atomic E-state index is 0.101. The van der Waals surface area contributed by atoms with Crippen molar-refractivity contribution < 1.29 is 10.2 Å². The Morgan fingerprint density at radius 2 is 1.67 bits per heavy atom. The van der Waals surface area contributed by atoms with E-state index in [1.54, 1.807) is 36.4 Å². The highest BCUT2D eigenvalue weighted by Gasteiger charge is 2.28. The number of hydrogen-bond acceptors (Lipinski definition) is 2. The van der Waals surface area contributed by atoms with Crippen molar-refractivity contribution in [3.05, 3.63) is 55.1 Å². The molecule has 2 N–H and O–H groups in total. The molecule has 0 aliphatic carbocycles. The van der Waals surface area contributed by atoms with Gasteiger partial charge in [0.15, 0.2) is 0 Å². The van der Waals surface area contributed by atoms with E-state index in [9.17, 15) is 10.2 Å². The van der Waals surface area contributed by atoms with Crippen molar-refractivity contribution in [1.29, 1.82) is 0 Å². The van der Waals surface area contributed by atoms with Crippen LogP contribution in [0.25, 0.3) is 0 Å². The SMILES string of the molecule is C=CCC(O)(CC=C)c1ccccc1O. The summed E-state index contributed by atoms with van der Waals surface area (Å²) in [7, 11) is 0. The molecule has 1 aromatic rings. The van der Waals surface area contributed by atoms with Crippen LogP contribution in [0, 0.1) is 0 Å². The first-order valence-corrected chi connectivity index (χ1v) is 4.86. The van der Waals surface area contributed by atoms with Gasteiger partial charge in [-0.05, 0) is 18.9 Å². The number of aromatic hydroxyl groups is 1. The molecule has 0 heterocycles. The van der Waals surface area contributed by atoms with Crippen LogP contribution in [0.3, 0.4) is 0 Å². The molecule has 0 saturated carbocycles. The molecule has 0 unspecified atom stereocenters. The first-order valence-electron chi connectivity index (χ1n) is 4.86. The van der Waals surface area contributed by atoms with Crippen molar-refractivity contribution in [2.75, 3.05) is 0 Å². The molecule has 1 aromatic carbocycles. The molecule has 0 fully saturated rings. The van der Waals surface area contributed by atoms with E-state index in [0.29, 0.717) is 18.4 Å². The molecule has 0 atom stereocenters. The second-order valence-electron chi connectivity index (χ2n) is 3.53. The van der Waals surface area contributed by atoms with E-state index in [4.69, 9.17) is 0 Å². The smallest absolute Gasteiger partial charge is 0.121 e. The van der Waals surface area contributed by atoms with Gasteiger partial charge in [-0.3, -0.25) is 0 Å². The molecule has 2 nitrogen and oxygen atoms in total. The summed E-state index contributed by atoms with van der Waals surface area (Å²) in [5.74, 6) is 0.101. The molecule has 0 aliphatic heterocycles. The quantitative estimate of drug-likeness (QED) is 0.724. The van der Waals surface area contributed by atoms with Gasteiger partial charge in [0.2, 0.25) is 0 Å². The van der Waals surface area contributed by atoms with Crippen LogP contribution in [0.2, 0.25) is 0 Å². The maximum Gasteiger partial charge on any atom is 0.121 e. The number of hydrogen-bond donors (Lipinski definition) is 2. The zero-order valence-corrected chi connectivity index (χ0v) is 8.69. The van der Waals surface area contributed by atoms with Gasteiger partial charge in [0, 0.05) is 5.56 Å². The minimum atomic E-state index is -1.10. The summed E-state index contributed by atoms with van der Waals surface area (Å²) in [4.78, 5) is 0. The van der Waals surface area contributed by atoms with Gasteiger partial charge >= 0.3 is 0 Å².